The number of nitrogens with zero attached hydrogens (tertiary/aromatic N) is 2. The molecule has 4 aliphatic heterocycles. The summed E-state index contributed by atoms with van der Waals surface area (Å²) in [5.41, 5.74) is 9.46. The molecule has 0 bridgehead atoms. The number of ether oxygens (including phenoxy) is 3. The van der Waals surface area contributed by atoms with Crippen LogP contribution in [0.4, 0.5) is 0 Å². The minimum atomic E-state index is -0.101. The summed E-state index contributed by atoms with van der Waals surface area (Å²) in [6.07, 6.45) is 50.5. The van der Waals surface area contributed by atoms with Gasteiger partial charge in [0.2, 0.25) is 0 Å². The van der Waals surface area contributed by atoms with Gasteiger partial charge in [-0.05, 0) is 113 Å². The van der Waals surface area contributed by atoms with Gasteiger partial charge in [-0.25, -0.2) is 0 Å². The summed E-state index contributed by atoms with van der Waals surface area (Å²) in [5.74, 6) is 2.53. The monoisotopic (exact) mass is 832 g/mol. The number of allylic oxidation sites excluding steroid dienone is 12. The second-order valence-electron chi connectivity index (χ2n) is 19.5. The fraction of sp³-hybridized carbons (Fsp3) is 0.519. The molecular formula is C54H65N5O3. The first kappa shape index (κ1) is 39.3. The highest BCUT2D eigenvalue weighted by atomic mass is 16.5. The highest BCUT2D eigenvalue weighted by Crippen LogP contribution is 2.49. The smallest absolute Gasteiger partial charge is 0.138 e. The van der Waals surface area contributed by atoms with Crippen LogP contribution in [0, 0.1) is 5.92 Å². The third-order valence-corrected chi connectivity index (χ3v) is 15.9. The summed E-state index contributed by atoms with van der Waals surface area (Å²) in [6.45, 7) is 2.19. The standard InChI is InChI=1S/C54H65N5O3/c1-2-17-35-32-39(54-56-52(34-18-4-3-5-19-34)55-53(57-54)38-22-16-21-37-36-20-6-11-27-46(36)62-51(37)38)45(59-42-25-9-14-30-49(42)61-50-31-15-10-26-43(50)59)33-44(35)58-40-23-7-12-28-47(40)60-48-29-13-8-24-41(48)58/h2,4,7,9,12,15-18,20-23,25,28,31-32,34,40-42,45-49,52-57H,3,5-6,8,10-11,13-14,19,24,26-27,29-30,33H2,1H3/b17-2+. The van der Waals surface area contributed by atoms with E-state index in [1.165, 1.54) is 77.8 Å². The zero-order valence-corrected chi connectivity index (χ0v) is 36.5. The molecule has 7 aliphatic carbocycles. The summed E-state index contributed by atoms with van der Waals surface area (Å²) in [7, 11) is 0. The van der Waals surface area contributed by atoms with Crippen LogP contribution in [-0.2, 0) is 9.47 Å². The van der Waals surface area contributed by atoms with Crippen LogP contribution in [0.3, 0.4) is 0 Å². The first-order valence-electron chi connectivity index (χ1n) is 24.5. The molecule has 12 rings (SSSR count). The first-order chi connectivity index (χ1) is 30.7. The highest BCUT2D eigenvalue weighted by Gasteiger charge is 2.50. The van der Waals surface area contributed by atoms with E-state index in [-0.39, 0.29) is 61.0 Å². The van der Waals surface area contributed by atoms with E-state index in [9.17, 15) is 0 Å². The Morgan fingerprint density at radius 3 is 2.58 bits per heavy atom. The lowest BCUT2D eigenvalue weighted by molar-refractivity contribution is -0.127. The number of nitrogens with one attached hydrogen (secondary N) is 3. The van der Waals surface area contributed by atoms with E-state index in [0.717, 1.165) is 69.3 Å². The lowest BCUT2D eigenvalue weighted by Crippen LogP contribution is -2.68. The van der Waals surface area contributed by atoms with Gasteiger partial charge < -0.3 is 24.0 Å². The minimum Gasteiger partial charge on any atom is -0.486 e. The zero-order valence-electron chi connectivity index (χ0n) is 36.5. The number of benzene rings is 1. The highest BCUT2D eigenvalue weighted by molar-refractivity contribution is 5.79. The molecule has 12 unspecified atom stereocenters. The van der Waals surface area contributed by atoms with E-state index in [1.807, 2.05) is 0 Å². The lowest BCUT2D eigenvalue weighted by Gasteiger charge is -2.56. The number of rotatable bonds is 6. The number of para-hydroxylation sites is 1. The average Bonchev–Trinajstić information content (AvgIpc) is 3.72. The molecule has 3 fully saturated rings. The van der Waals surface area contributed by atoms with Gasteiger partial charge in [-0.1, -0.05) is 104 Å². The van der Waals surface area contributed by atoms with Crippen LogP contribution < -0.4 is 20.7 Å². The summed E-state index contributed by atoms with van der Waals surface area (Å²) in [5, 5.41) is 12.7. The van der Waals surface area contributed by atoms with Crippen LogP contribution in [0.5, 0.6) is 5.75 Å². The maximum Gasteiger partial charge on any atom is 0.138 e. The predicted molar refractivity (Wildman–Crippen MR) is 246 cm³/mol. The van der Waals surface area contributed by atoms with Gasteiger partial charge in [0.1, 0.15) is 29.8 Å². The van der Waals surface area contributed by atoms with Crippen LogP contribution in [0.2, 0.25) is 0 Å². The molecule has 1 aromatic carbocycles. The molecule has 324 valence electrons. The van der Waals surface area contributed by atoms with Gasteiger partial charge in [-0.15, -0.1) is 0 Å². The van der Waals surface area contributed by atoms with Gasteiger partial charge in [0.05, 0.1) is 54.5 Å². The molecule has 1 aromatic rings. The maximum absolute atomic E-state index is 6.96. The Bertz CT molecular complexity index is 2240. The van der Waals surface area contributed by atoms with Crippen LogP contribution >= 0.6 is 0 Å². The summed E-state index contributed by atoms with van der Waals surface area (Å²) in [4.78, 5) is 5.71. The van der Waals surface area contributed by atoms with Gasteiger partial charge >= 0.3 is 0 Å². The molecule has 1 saturated carbocycles. The van der Waals surface area contributed by atoms with Gasteiger partial charge in [-0.3, -0.25) is 16.0 Å². The van der Waals surface area contributed by atoms with Crippen molar-refractivity contribution in [1.82, 2.24) is 25.8 Å². The second kappa shape index (κ2) is 16.7. The molecule has 0 aromatic heterocycles. The largest absolute Gasteiger partial charge is 0.486 e. The maximum atomic E-state index is 6.96. The molecule has 11 aliphatic rings. The Morgan fingerprint density at radius 1 is 0.742 bits per heavy atom. The van der Waals surface area contributed by atoms with Crippen molar-refractivity contribution in [3.8, 4) is 5.75 Å². The first-order valence-corrected chi connectivity index (χ1v) is 24.5. The average molecular weight is 832 g/mol. The Balaban J connectivity index is 1.02. The van der Waals surface area contributed by atoms with E-state index in [1.54, 1.807) is 0 Å². The van der Waals surface area contributed by atoms with Crippen molar-refractivity contribution in [2.45, 2.75) is 170 Å². The SMILES string of the molecule is C/C=C/C1=C(N2C3C=CC=CC3OC3CCCCC32)CC(N2C3=C(C=CCC3)OC3CCC=CC32)C(C2NC(c3cccc4c3OC3CCCC=C43)NC(C3C=CCCC3)N2)=C1. The van der Waals surface area contributed by atoms with E-state index in [4.69, 9.17) is 14.2 Å². The third kappa shape index (κ3) is 6.86. The van der Waals surface area contributed by atoms with Crippen LogP contribution in [0.1, 0.15) is 121 Å². The van der Waals surface area contributed by atoms with Crippen molar-refractivity contribution in [3.05, 3.63) is 143 Å². The summed E-state index contributed by atoms with van der Waals surface area (Å²) < 4.78 is 20.8. The molecule has 12 atom stereocenters. The topological polar surface area (TPSA) is 70.3 Å². The fourth-order valence-electron chi connectivity index (χ4n) is 13.1. The van der Waals surface area contributed by atoms with Gasteiger partial charge in [0.15, 0.2) is 0 Å². The van der Waals surface area contributed by atoms with Gasteiger partial charge in [0.25, 0.3) is 0 Å². The van der Waals surface area contributed by atoms with Crippen molar-refractivity contribution < 1.29 is 14.2 Å². The molecule has 3 N–H and O–H groups in total. The van der Waals surface area contributed by atoms with E-state index < -0.39 is 0 Å². The number of fused-ring (bicyclic) bond motifs is 6. The Hall–Kier alpha value is -4.34. The van der Waals surface area contributed by atoms with Gasteiger partial charge in [-0.2, -0.15) is 0 Å². The Labute approximate surface area is 368 Å². The van der Waals surface area contributed by atoms with E-state index in [2.05, 4.69) is 136 Å². The summed E-state index contributed by atoms with van der Waals surface area (Å²) >= 11 is 0. The normalized spacial score (nSPS) is 38.3. The van der Waals surface area contributed by atoms with Crippen LogP contribution in [0.25, 0.3) is 5.57 Å². The molecular weight excluding hydrogens is 767 g/mol. The zero-order chi connectivity index (χ0) is 41.1. The minimum absolute atomic E-state index is 0.0570. The third-order valence-electron chi connectivity index (χ3n) is 15.9. The number of morpholine rings is 1. The van der Waals surface area contributed by atoms with Crippen molar-refractivity contribution in [1.29, 1.82) is 0 Å². The van der Waals surface area contributed by atoms with Crippen molar-refractivity contribution in [2.24, 2.45) is 5.92 Å². The molecule has 2 saturated heterocycles. The quantitative estimate of drug-likeness (QED) is 0.245. The summed E-state index contributed by atoms with van der Waals surface area (Å²) in [6, 6.07) is 7.63. The van der Waals surface area contributed by atoms with Crippen LogP contribution in [-0.4, -0.2) is 70.7 Å². The Morgan fingerprint density at radius 2 is 1.65 bits per heavy atom. The number of hydrogen-bond acceptors (Lipinski definition) is 8. The van der Waals surface area contributed by atoms with E-state index >= 15 is 0 Å². The Kier molecular flexibility index (Phi) is 10.5. The molecule has 0 spiro atoms. The lowest BCUT2D eigenvalue weighted by atomic mass is 9.80. The molecule has 4 heterocycles. The molecule has 8 nitrogen and oxygen atoms in total. The molecule has 62 heavy (non-hydrogen) atoms. The predicted octanol–water partition coefficient (Wildman–Crippen LogP) is 9.82. The number of hydrogen-bond donors (Lipinski definition) is 3. The van der Waals surface area contributed by atoms with Crippen molar-refractivity contribution >= 4 is 5.57 Å². The van der Waals surface area contributed by atoms with Gasteiger partial charge in [0, 0.05) is 29.2 Å². The molecule has 0 amide bonds. The molecule has 8 heteroatoms. The fourth-order valence-corrected chi connectivity index (χ4v) is 13.1. The van der Waals surface area contributed by atoms with Crippen molar-refractivity contribution in [3.63, 3.8) is 0 Å². The second-order valence-corrected chi connectivity index (χ2v) is 19.5. The van der Waals surface area contributed by atoms with Crippen molar-refractivity contribution in [2.75, 3.05) is 0 Å². The molecule has 0 radical (unpaired) electrons. The van der Waals surface area contributed by atoms with E-state index in [0.29, 0.717) is 12.0 Å². The van der Waals surface area contributed by atoms with Crippen LogP contribution in [0.15, 0.2) is 132 Å².